The molecule has 6 nitrogen and oxygen atoms in total. The number of amides is 1. The van der Waals surface area contributed by atoms with E-state index < -0.39 is 5.97 Å². The Morgan fingerprint density at radius 2 is 2.00 bits per heavy atom. The SMILES string of the molecule is Cc1cccc(C(=O)NCCC(=O)OCc2cc(Cl)c3c(c2)OCCO3)c1. The molecule has 2 aromatic rings. The van der Waals surface area contributed by atoms with Gasteiger partial charge in [-0.25, -0.2) is 0 Å². The molecular weight excluding hydrogens is 370 g/mol. The second-order valence-corrected chi connectivity index (χ2v) is 6.55. The molecule has 1 amide bonds. The van der Waals surface area contributed by atoms with Gasteiger partial charge in [0.1, 0.15) is 19.8 Å². The van der Waals surface area contributed by atoms with Crippen LogP contribution in [0.1, 0.15) is 27.9 Å². The van der Waals surface area contributed by atoms with E-state index in [0.29, 0.717) is 40.9 Å². The third kappa shape index (κ3) is 5.14. The van der Waals surface area contributed by atoms with E-state index in [4.69, 9.17) is 25.8 Å². The van der Waals surface area contributed by atoms with Gasteiger partial charge in [-0.15, -0.1) is 0 Å². The molecule has 1 aliphatic rings. The van der Waals surface area contributed by atoms with E-state index in [-0.39, 0.29) is 25.5 Å². The van der Waals surface area contributed by atoms with Gasteiger partial charge < -0.3 is 19.5 Å². The zero-order chi connectivity index (χ0) is 19.2. The van der Waals surface area contributed by atoms with Crippen LogP contribution in [0.2, 0.25) is 5.02 Å². The molecule has 1 aliphatic heterocycles. The first-order valence-electron chi connectivity index (χ1n) is 8.61. The molecule has 142 valence electrons. The quantitative estimate of drug-likeness (QED) is 0.767. The monoisotopic (exact) mass is 389 g/mol. The Labute approximate surface area is 162 Å². The molecule has 1 heterocycles. The number of rotatable bonds is 6. The van der Waals surface area contributed by atoms with Gasteiger partial charge in [0.15, 0.2) is 11.5 Å². The highest BCUT2D eigenvalue weighted by Gasteiger charge is 2.17. The molecule has 7 heteroatoms. The summed E-state index contributed by atoms with van der Waals surface area (Å²) in [6, 6.07) is 10.7. The molecule has 0 atom stereocenters. The number of aryl methyl sites for hydroxylation is 1. The summed E-state index contributed by atoms with van der Waals surface area (Å²) < 4.78 is 16.2. The van der Waals surface area contributed by atoms with Crippen molar-refractivity contribution in [3.8, 4) is 11.5 Å². The largest absolute Gasteiger partial charge is 0.486 e. The number of nitrogens with one attached hydrogen (secondary N) is 1. The van der Waals surface area contributed by atoms with E-state index in [1.54, 1.807) is 24.3 Å². The summed E-state index contributed by atoms with van der Waals surface area (Å²) in [6.07, 6.45) is 0.0792. The maximum Gasteiger partial charge on any atom is 0.307 e. The van der Waals surface area contributed by atoms with Crippen molar-refractivity contribution in [2.24, 2.45) is 0 Å². The van der Waals surface area contributed by atoms with Crippen LogP contribution >= 0.6 is 11.6 Å². The molecule has 2 aromatic carbocycles. The normalized spacial score (nSPS) is 12.4. The highest BCUT2D eigenvalue weighted by Crippen LogP contribution is 2.38. The Morgan fingerprint density at radius 3 is 2.81 bits per heavy atom. The smallest absolute Gasteiger partial charge is 0.307 e. The second-order valence-electron chi connectivity index (χ2n) is 6.14. The van der Waals surface area contributed by atoms with Crippen molar-refractivity contribution in [2.75, 3.05) is 19.8 Å². The lowest BCUT2D eigenvalue weighted by molar-refractivity contribution is -0.144. The Morgan fingerprint density at radius 1 is 1.19 bits per heavy atom. The molecule has 27 heavy (non-hydrogen) atoms. The van der Waals surface area contributed by atoms with Crippen LogP contribution in [0.5, 0.6) is 11.5 Å². The Bertz CT molecular complexity index is 852. The summed E-state index contributed by atoms with van der Waals surface area (Å²) in [5.74, 6) is 0.428. The van der Waals surface area contributed by atoms with Crippen molar-refractivity contribution in [1.82, 2.24) is 5.32 Å². The van der Waals surface area contributed by atoms with E-state index in [1.165, 1.54) is 0 Å². The van der Waals surface area contributed by atoms with Gasteiger partial charge in [-0.1, -0.05) is 29.3 Å². The summed E-state index contributed by atoms with van der Waals surface area (Å²) >= 11 is 6.16. The van der Waals surface area contributed by atoms with E-state index >= 15 is 0 Å². The highest BCUT2D eigenvalue weighted by molar-refractivity contribution is 6.32. The molecule has 1 N–H and O–H groups in total. The molecule has 0 saturated carbocycles. The number of benzene rings is 2. The minimum absolute atomic E-state index is 0.0705. The lowest BCUT2D eigenvalue weighted by Crippen LogP contribution is -2.26. The van der Waals surface area contributed by atoms with Gasteiger partial charge in [-0.05, 0) is 36.8 Å². The third-order valence-electron chi connectivity index (χ3n) is 3.95. The van der Waals surface area contributed by atoms with E-state index in [1.807, 2.05) is 19.1 Å². The number of ether oxygens (including phenoxy) is 3. The molecule has 0 aliphatic carbocycles. The van der Waals surface area contributed by atoms with Gasteiger partial charge in [-0.2, -0.15) is 0 Å². The van der Waals surface area contributed by atoms with Gasteiger partial charge in [-0.3, -0.25) is 9.59 Å². The zero-order valence-corrected chi connectivity index (χ0v) is 15.7. The molecular formula is C20H20ClNO5. The van der Waals surface area contributed by atoms with Crippen LogP contribution in [0.15, 0.2) is 36.4 Å². The number of esters is 1. The summed E-state index contributed by atoms with van der Waals surface area (Å²) in [7, 11) is 0. The van der Waals surface area contributed by atoms with Crippen molar-refractivity contribution in [3.63, 3.8) is 0 Å². The average molecular weight is 390 g/mol. The van der Waals surface area contributed by atoms with Crippen LogP contribution in [0.25, 0.3) is 0 Å². The molecule has 0 unspecified atom stereocenters. The van der Waals surface area contributed by atoms with Gasteiger partial charge in [0.2, 0.25) is 0 Å². The number of fused-ring (bicyclic) bond motifs is 1. The summed E-state index contributed by atoms with van der Waals surface area (Å²) in [5, 5.41) is 3.13. The number of hydrogen-bond acceptors (Lipinski definition) is 5. The fourth-order valence-electron chi connectivity index (χ4n) is 2.65. The summed E-state index contributed by atoms with van der Waals surface area (Å²) in [5.41, 5.74) is 2.27. The van der Waals surface area contributed by atoms with Gasteiger partial charge in [0.05, 0.1) is 11.4 Å². The maximum atomic E-state index is 12.0. The fourth-order valence-corrected chi connectivity index (χ4v) is 2.94. The Balaban J connectivity index is 1.45. The maximum absolute atomic E-state index is 12.0. The van der Waals surface area contributed by atoms with Crippen molar-refractivity contribution < 1.29 is 23.8 Å². The van der Waals surface area contributed by atoms with Crippen LogP contribution < -0.4 is 14.8 Å². The Kier molecular flexibility index (Phi) is 6.19. The minimum Gasteiger partial charge on any atom is -0.486 e. The highest BCUT2D eigenvalue weighted by atomic mass is 35.5. The predicted octanol–water partition coefficient (Wildman–Crippen LogP) is 3.28. The van der Waals surface area contributed by atoms with Crippen LogP contribution in [-0.4, -0.2) is 31.6 Å². The van der Waals surface area contributed by atoms with Crippen LogP contribution in [-0.2, 0) is 16.1 Å². The molecule has 0 fully saturated rings. The van der Waals surface area contributed by atoms with Crippen LogP contribution in [0.4, 0.5) is 0 Å². The minimum atomic E-state index is -0.412. The number of hydrogen-bond donors (Lipinski definition) is 1. The number of carbonyl (C=O) groups is 2. The number of halogens is 1. The topological polar surface area (TPSA) is 73.9 Å². The second kappa shape index (κ2) is 8.77. The third-order valence-corrected chi connectivity index (χ3v) is 4.23. The summed E-state index contributed by atoms with van der Waals surface area (Å²) in [6.45, 7) is 3.09. The molecule has 0 spiro atoms. The van der Waals surface area contributed by atoms with Crippen molar-refractivity contribution in [2.45, 2.75) is 20.0 Å². The van der Waals surface area contributed by atoms with Gasteiger partial charge >= 0.3 is 5.97 Å². The predicted molar refractivity (Wildman–Crippen MR) is 100 cm³/mol. The first kappa shape index (κ1) is 19.0. The van der Waals surface area contributed by atoms with E-state index in [0.717, 1.165) is 5.56 Å². The summed E-state index contributed by atoms with van der Waals surface area (Å²) in [4.78, 5) is 23.9. The number of carbonyl (C=O) groups excluding carboxylic acids is 2. The van der Waals surface area contributed by atoms with Gasteiger partial charge in [0.25, 0.3) is 5.91 Å². The molecule has 0 aromatic heterocycles. The first-order valence-corrected chi connectivity index (χ1v) is 8.99. The van der Waals surface area contributed by atoms with Crippen molar-refractivity contribution in [3.05, 3.63) is 58.1 Å². The first-order chi connectivity index (χ1) is 13.0. The molecule has 3 rings (SSSR count). The van der Waals surface area contributed by atoms with Crippen LogP contribution in [0, 0.1) is 6.92 Å². The van der Waals surface area contributed by atoms with Crippen molar-refractivity contribution in [1.29, 1.82) is 0 Å². The van der Waals surface area contributed by atoms with E-state index in [2.05, 4.69) is 5.32 Å². The molecule has 0 bridgehead atoms. The fraction of sp³-hybridized carbons (Fsp3) is 0.300. The molecule has 0 saturated heterocycles. The average Bonchev–Trinajstić information content (AvgIpc) is 2.66. The van der Waals surface area contributed by atoms with Gasteiger partial charge in [0, 0.05) is 12.1 Å². The lowest BCUT2D eigenvalue weighted by atomic mass is 10.1. The van der Waals surface area contributed by atoms with E-state index in [9.17, 15) is 9.59 Å². The Hall–Kier alpha value is -2.73. The van der Waals surface area contributed by atoms with Crippen molar-refractivity contribution >= 4 is 23.5 Å². The zero-order valence-electron chi connectivity index (χ0n) is 14.9. The standard InChI is InChI=1S/C20H20ClNO5/c1-13-3-2-4-15(9-13)20(24)22-6-5-18(23)27-12-14-10-16(21)19-17(11-14)25-7-8-26-19/h2-4,9-11H,5-8,12H2,1H3,(H,22,24). The van der Waals surface area contributed by atoms with Crippen LogP contribution in [0.3, 0.4) is 0 Å². The molecule has 0 radical (unpaired) electrons. The lowest BCUT2D eigenvalue weighted by Gasteiger charge is -2.20.